The average molecular weight is 339 g/mol. The van der Waals surface area contributed by atoms with Crippen molar-refractivity contribution in [1.82, 2.24) is 15.1 Å². The number of ether oxygens (including phenoxy) is 1. The molecule has 5 nitrogen and oxygen atoms in total. The number of hydrogen-bond acceptors (Lipinski definition) is 3. The molecule has 1 spiro atoms. The van der Waals surface area contributed by atoms with Crippen LogP contribution in [0.15, 0.2) is 30.2 Å². The number of amides is 1. The zero-order valence-corrected chi connectivity index (χ0v) is 14.8. The van der Waals surface area contributed by atoms with Crippen LogP contribution in [0.2, 0.25) is 0 Å². The van der Waals surface area contributed by atoms with Crippen molar-refractivity contribution in [1.29, 1.82) is 0 Å². The number of aromatic nitrogens is 2. The Labute approximate surface area is 148 Å². The predicted molar refractivity (Wildman–Crippen MR) is 94.1 cm³/mol. The first-order valence-corrected chi connectivity index (χ1v) is 9.50. The summed E-state index contributed by atoms with van der Waals surface area (Å²) in [6, 6.07) is 0. The van der Waals surface area contributed by atoms with E-state index in [1.807, 2.05) is 13.1 Å². The first-order chi connectivity index (χ1) is 12.1. The molecule has 5 rings (SSSR count). The normalized spacial score (nSPS) is 35.1. The molecule has 5 heteroatoms. The summed E-state index contributed by atoms with van der Waals surface area (Å²) < 4.78 is 7.63. The molecule has 0 saturated heterocycles. The van der Waals surface area contributed by atoms with Crippen LogP contribution in [-0.4, -0.2) is 21.2 Å². The SMILES string of the molecule is Cn1ncc(C(=O)NC23CC4CCCC2(C4)C3)c1OC1=CCCC=C1. The van der Waals surface area contributed by atoms with Gasteiger partial charge >= 0.3 is 0 Å². The van der Waals surface area contributed by atoms with E-state index in [1.54, 1.807) is 10.9 Å². The number of rotatable bonds is 4. The molecule has 0 aromatic carbocycles. The fraction of sp³-hybridized carbons (Fsp3) is 0.600. The summed E-state index contributed by atoms with van der Waals surface area (Å²) >= 11 is 0. The third-order valence-electron chi connectivity index (χ3n) is 6.77. The lowest BCUT2D eigenvalue weighted by molar-refractivity contribution is 0.0920. The number of nitrogens with one attached hydrogen (secondary N) is 1. The second-order valence-electron chi connectivity index (χ2n) is 8.34. The van der Waals surface area contributed by atoms with Gasteiger partial charge in [0.15, 0.2) is 0 Å². The average Bonchev–Trinajstić information content (AvgIpc) is 2.89. The Hall–Kier alpha value is -2.04. The van der Waals surface area contributed by atoms with Crippen molar-refractivity contribution >= 4 is 5.91 Å². The molecular weight excluding hydrogens is 314 g/mol. The lowest BCUT2D eigenvalue weighted by Crippen LogP contribution is -2.39. The van der Waals surface area contributed by atoms with Crippen LogP contribution in [0, 0.1) is 11.3 Å². The van der Waals surface area contributed by atoms with Gasteiger partial charge in [-0.05, 0) is 62.0 Å². The molecule has 1 aromatic heterocycles. The van der Waals surface area contributed by atoms with Crippen LogP contribution in [0.4, 0.5) is 0 Å². The summed E-state index contributed by atoms with van der Waals surface area (Å²) in [7, 11) is 1.82. The number of carbonyl (C=O) groups excluding carboxylic acids is 1. The summed E-state index contributed by atoms with van der Waals surface area (Å²) in [5.74, 6) is 2.10. The molecule has 132 valence electrons. The first kappa shape index (κ1) is 15.2. The van der Waals surface area contributed by atoms with E-state index < -0.39 is 0 Å². The molecule has 1 N–H and O–H groups in total. The van der Waals surface area contributed by atoms with E-state index in [0.29, 0.717) is 16.9 Å². The van der Waals surface area contributed by atoms with Crippen molar-refractivity contribution in [3.63, 3.8) is 0 Å². The number of carbonyl (C=O) groups is 1. The summed E-state index contributed by atoms with van der Waals surface area (Å²) in [4.78, 5) is 13.0. The van der Waals surface area contributed by atoms with E-state index in [4.69, 9.17) is 4.74 Å². The summed E-state index contributed by atoms with van der Waals surface area (Å²) in [6.45, 7) is 0. The molecule has 1 aromatic rings. The standard InChI is InChI=1S/C20H25N3O2/c1-23-18(25-15-7-3-2-4-8-15)16(12-21-23)17(24)22-20-11-14-6-5-9-19(20,10-14)13-20/h3,7-8,12,14H,2,4-6,9-11,13H2,1H3,(H,22,24). The number of nitrogens with zero attached hydrogens (tertiary/aromatic N) is 2. The van der Waals surface area contributed by atoms with E-state index in [0.717, 1.165) is 37.4 Å². The van der Waals surface area contributed by atoms with Gasteiger partial charge in [0.25, 0.3) is 5.91 Å². The summed E-state index contributed by atoms with van der Waals surface area (Å²) in [6.07, 6.45) is 17.3. The van der Waals surface area contributed by atoms with Gasteiger partial charge in [-0.3, -0.25) is 4.79 Å². The molecule has 1 amide bonds. The van der Waals surface area contributed by atoms with Gasteiger partial charge in [-0.1, -0.05) is 18.9 Å². The maximum absolute atomic E-state index is 13.0. The van der Waals surface area contributed by atoms with Crippen molar-refractivity contribution in [3.8, 4) is 5.88 Å². The quantitative estimate of drug-likeness (QED) is 0.913. The molecule has 4 aliphatic rings. The highest BCUT2D eigenvalue weighted by atomic mass is 16.5. The largest absolute Gasteiger partial charge is 0.439 e. The highest BCUT2D eigenvalue weighted by Crippen LogP contribution is 2.73. The third-order valence-corrected chi connectivity index (χ3v) is 6.77. The van der Waals surface area contributed by atoms with E-state index in [9.17, 15) is 4.79 Å². The van der Waals surface area contributed by atoms with Crippen LogP contribution < -0.4 is 10.1 Å². The summed E-state index contributed by atoms with van der Waals surface area (Å²) in [5, 5.41) is 7.65. The Kier molecular flexibility index (Phi) is 3.19. The Morgan fingerprint density at radius 2 is 2.32 bits per heavy atom. The predicted octanol–water partition coefficient (Wildman–Crippen LogP) is 3.49. The number of aryl methyl sites for hydroxylation is 1. The van der Waals surface area contributed by atoms with Gasteiger partial charge in [-0.15, -0.1) is 0 Å². The molecule has 3 atom stereocenters. The maximum atomic E-state index is 13.0. The first-order valence-electron chi connectivity index (χ1n) is 9.50. The zero-order valence-electron chi connectivity index (χ0n) is 14.8. The zero-order chi connectivity index (χ0) is 17.1. The molecule has 25 heavy (non-hydrogen) atoms. The monoisotopic (exact) mass is 339 g/mol. The van der Waals surface area contributed by atoms with Crippen LogP contribution in [0.1, 0.15) is 61.7 Å². The third kappa shape index (κ3) is 2.28. The number of fused-ring (bicyclic) bond motifs is 1. The fourth-order valence-corrected chi connectivity index (χ4v) is 5.56. The van der Waals surface area contributed by atoms with Gasteiger partial charge in [0, 0.05) is 12.6 Å². The van der Waals surface area contributed by atoms with Gasteiger partial charge in [-0.25, -0.2) is 4.68 Å². The Balaban J connectivity index is 1.36. The van der Waals surface area contributed by atoms with Crippen molar-refractivity contribution < 1.29 is 9.53 Å². The Bertz CT molecular complexity index is 793. The lowest BCUT2D eigenvalue weighted by Gasteiger charge is -2.22. The van der Waals surface area contributed by atoms with E-state index in [2.05, 4.69) is 22.6 Å². The second kappa shape index (κ2) is 5.23. The van der Waals surface area contributed by atoms with Crippen LogP contribution in [0.5, 0.6) is 5.88 Å². The molecule has 4 aliphatic carbocycles. The molecule has 1 heterocycles. The van der Waals surface area contributed by atoms with Crippen molar-refractivity contribution in [2.45, 2.75) is 56.9 Å². The van der Waals surface area contributed by atoms with Crippen LogP contribution >= 0.6 is 0 Å². The van der Waals surface area contributed by atoms with Gasteiger partial charge in [0.1, 0.15) is 11.3 Å². The highest BCUT2D eigenvalue weighted by Gasteiger charge is 2.73. The van der Waals surface area contributed by atoms with Crippen molar-refractivity contribution in [2.24, 2.45) is 18.4 Å². The number of hydrogen-bond donors (Lipinski definition) is 1. The molecule has 3 saturated carbocycles. The minimum atomic E-state index is -0.0343. The Morgan fingerprint density at radius 3 is 3.12 bits per heavy atom. The van der Waals surface area contributed by atoms with E-state index >= 15 is 0 Å². The molecule has 2 bridgehead atoms. The molecular formula is C20H25N3O2. The highest BCUT2D eigenvalue weighted by molar-refractivity contribution is 5.97. The second-order valence-corrected chi connectivity index (χ2v) is 8.34. The van der Waals surface area contributed by atoms with Crippen LogP contribution in [0.3, 0.4) is 0 Å². The van der Waals surface area contributed by atoms with E-state index in [-0.39, 0.29) is 11.4 Å². The summed E-state index contributed by atoms with van der Waals surface area (Å²) in [5.41, 5.74) is 0.978. The fourth-order valence-electron chi connectivity index (χ4n) is 5.56. The molecule has 0 radical (unpaired) electrons. The Morgan fingerprint density at radius 1 is 1.40 bits per heavy atom. The smallest absolute Gasteiger partial charge is 0.258 e. The molecule has 3 unspecified atom stereocenters. The van der Waals surface area contributed by atoms with E-state index in [1.165, 1.54) is 25.7 Å². The van der Waals surface area contributed by atoms with Gasteiger partial charge in [0.05, 0.1) is 6.20 Å². The number of allylic oxidation sites excluding steroid dienone is 3. The van der Waals surface area contributed by atoms with Crippen molar-refractivity contribution in [3.05, 3.63) is 35.7 Å². The van der Waals surface area contributed by atoms with Gasteiger partial charge < -0.3 is 10.1 Å². The minimum absolute atomic E-state index is 0.0343. The van der Waals surface area contributed by atoms with Crippen LogP contribution in [0.25, 0.3) is 0 Å². The topological polar surface area (TPSA) is 56.2 Å². The minimum Gasteiger partial charge on any atom is -0.439 e. The van der Waals surface area contributed by atoms with Crippen molar-refractivity contribution in [2.75, 3.05) is 0 Å². The maximum Gasteiger partial charge on any atom is 0.258 e. The van der Waals surface area contributed by atoms with Gasteiger partial charge in [-0.2, -0.15) is 5.10 Å². The molecule has 3 fully saturated rings. The van der Waals surface area contributed by atoms with Gasteiger partial charge in [0.2, 0.25) is 5.88 Å². The molecule has 0 aliphatic heterocycles. The lowest BCUT2D eigenvalue weighted by atomic mass is 9.83. The van der Waals surface area contributed by atoms with Crippen LogP contribution in [-0.2, 0) is 7.05 Å².